The maximum Gasteiger partial charge on any atom is 0.127 e. The van der Waals surface area contributed by atoms with Crippen LogP contribution in [-0.4, -0.2) is 25.5 Å². The summed E-state index contributed by atoms with van der Waals surface area (Å²) in [6.07, 6.45) is 6.34. The van der Waals surface area contributed by atoms with Gasteiger partial charge in [-0.3, -0.25) is 0 Å². The molecule has 0 aromatic carbocycles. The molecular formula is C16H29FN2. The van der Waals surface area contributed by atoms with Gasteiger partial charge in [-0.05, 0) is 25.6 Å². The van der Waals surface area contributed by atoms with Crippen molar-refractivity contribution < 1.29 is 4.39 Å². The van der Waals surface area contributed by atoms with E-state index in [9.17, 15) is 4.39 Å². The fourth-order valence-electron chi connectivity index (χ4n) is 1.08. The monoisotopic (exact) mass is 268 g/mol. The van der Waals surface area contributed by atoms with Crippen molar-refractivity contribution >= 4 is 0 Å². The minimum absolute atomic E-state index is 0.332. The molecule has 0 unspecified atom stereocenters. The molecule has 2 nitrogen and oxygen atoms in total. The van der Waals surface area contributed by atoms with Crippen molar-refractivity contribution in [1.82, 2.24) is 4.90 Å². The fraction of sp³-hybridized carbons (Fsp3) is 0.375. The minimum Gasteiger partial charge on any atom is -0.376 e. The van der Waals surface area contributed by atoms with Crippen LogP contribution < -0.4 is 5.73 Å². The van der Waals surface area contributed by atoms with E-state index in [0.717, 1.165) is 5.57 Å². The Morgan fingerprint density at radius 1 is 1.11 bits per heavy atom. The smallest absolute Gasteiger partial charge is 0.127 e. The number of allylic oxidation sites excluding steroid dienone is 4. The van der Waals surface area contributed by atoms with Gasteiger partial charge < -0.3 is 10.6 Å². The molecule has 0 amide bonds. The Labute approximate surface area is 118 Å². The van der Waals surface area contributed by atoms with Crippen LogP contribution >= 0.6 is 0 Å². The van der Waals surface area contributed by atoms with E-state index >= 15 is 0 Å². The highest BCUT2D eigenvalue weighted by Gasteiger charge is 2.01. The van der Waals surface area contributed by atoms with Crippen LogP contribution in [0.1, 0.15) is 20.8 Å². The van der Waals surface area contributed by atoms with E-state index < -0.39 is 0 Å². The summed E-state index contributed by atoms with van der Waals surface area (Å²) >= 11 is 0. The van der Waals surface area contributed by atoms with Crippen LogP contribution in [0.5, 0.6) is 0 Å². The molecule has 0 saturated heterocycles. The molecule has 0 rings (SSSR count). The van der Waals surface area contributed by atoms with Crippen molar-refractivity contribution in [1.29, 1.82) is 0 Å². The lowest BCUT2D eigenvalue weighted by molar-refractivity contribution is 0.489. The van der Waals surface area contributed by atoms with E-state index in [1.807, 2.05) is 38.9 Å². The maximum atomic E-state index is 13.2. The third kappa shape index (κ3) is 12.6. The molecule has 110 valence electrons. The molecule has 0 saturated carbocycles. The maximum absolute atomic E-state index is 13.2. The zero-order valence-corrected chi connectivity index (χ0v) is 13.0. The van der Waals surface area contributed by atoms with E-state index in [1.54, 1.807) is 6.08 Å². The minimum atomic E-state index is -0.332. The van der Waals surface area contributed by atoms with Crippen molar-refractivity contribution in [3.05, 3.63) is 61.1 Å². The highest BCUT2D eigenvalue weighted by molar-refractivity contribution is 5.28. The van der Waals surface area contributed by atoms with Gasteiger partial charge in [0.15, 0.2) is 0 Å². The van der Waals surface area contributed by atoms with Gasteiger partial charge in [-0.2, -0.15) is 0 Å². The molecule has 0 heterocycles. The summed E-state index contributed by atoms with van der Waals surface area (Å²) in [6, 6.07) is 0. The highest BCUT2D eigenvalue weighted by Crippen LogP contribution is 2.10. The summed E-state index contributed by atoms with van der Waals surface area (Å²) in [7, 11) is 3.37. The first-order valence-corrected chi connectivity index (χ1v) is 6.27. The normalized spacial score (nSPS) is 10.8. The molecule has 0 radical (unpaired) electrons. The number of hydrogen-bond acceptors (Lipinski definition) is 2. The topological polar surface area (TPSA) is 29.3 Å². The lowest BCUT2D eigenvalue weighted by atomic mass is 10.2. The predicted molar refractivity (Wildman–Crippen MR) is 86.6 cm³/mol. The summed E-state index contributed by atoms with van der Waals surface area (Å²) < 4.78 is 13.2. The van der Waals surface area contributed by atoms with Crippen molar-refractivity contribution in [2.75, 3.05) is 20.6 Å². The summed E-state index contributed by atoms with van der Waals surface area (Å²) in [5, 5.41) is 0. The third-order valence-corrected chi connectivity index (χ3v) is 1.90. The van der Waals surface area contributed by atoms with Gasteiger partial charge in [-0.1, -0.05) is 45.7 Å². The zero-order chi connectivity index (χ0) is 15.8. The highest BCUT2D eigenvalue weighted by atomic mass is 19.1. The van der Waals surface area contributed by atoms with Gasteiger partial charge in [0.05, 0.1) is 0 Å². The Hall–Kier alpha value is -1.61. The summed E-state index contributed by atoms with van der Waals surface area (Å²) in [6.45, 7) is 17.0. The number of nitrogens with two attached hydrogens (primary N) is 1. The van der Waals surface area contributed by atoms with E-state index in [4.69, 9.17) is 0 Å². The van der Waals surface area contributed by atoms with Crippen molar-refractivity contribution in [2.45, 2.75) is 20.8 Å². The van der Waals surface area contributed by atoms with Gasteiger partial charge in [-0.15, -0.1) is 0 Å². The van der Waals surface area contributed by atoms with Gasteiger partial charge in [0.1, 0.15) is 5.83 Å². The summed E-state index contributed by atoms with van der Waals surface area (Å²) in [5.41, 5.74) is 6.06. The second kappa shape index (κ2) is 16.4. The van der Waals surface area contributed by atoms with Gasteiger partial charge in [-0.25, -0.2) is 4.39 Å². The number of likely N-dealkylation sites (N-methyl/N-ethyl adjacent to an activating group) is 1. The number of halogens is 1. The van der Waals surface area contributed by atoms with Gasteiger partial charge in [0, 0.05) is 25.4 Å². The molecule has 0 bridgehead atoms. The molecular weight excluding hydrogens is 239 g/mol. The summed E-state index contributed by atoms with van der Waals surface area (Å²) in [4.78, 5) is 1.87. The number of hydrogen-bond donors (Lipinski definition) is 1. The molecule has 0 aliphatic heterocycles. The average molecular weight is 268 g/mol. The van der Waals surface area contributed by atoms with E-state index in [1.165, 1.54) is 19.2 Å². The Morgan fingerprint density at radius 3 is 1.89 bits per heavy atom. The van der Waals surface area contributed by atoms with Gasteiger partial charge in [0.25, 0.3) is 0 Å². The first-order chi connectivity index (χ1) is 9.04. The van der Waals surface area contributed by atoms with Crippen LogP contribution in [0.2, 0.25) is 0 Å². The van der Waals surface area contributed by atoms with E-state index in [-0.39, 0.29) is 5.83 Å². The first kappa shape index (κ1) is 22.6. The van der Waals surface area contributed by atoms with Crippen LogP contribution in [-0.2, 0) is 0 Å². The Kier molecular flexibility index (Phi) is 19.5. The molecule has 0 aromatic rings. The molecule has 0 aromatic heterocycles. The number of nitrogens with zero attached hydrogens (tertiary/aromatic N) is 1. The number of rotatable bonds is 6. The quantitative estimate of drug-likeness (QED) is 0.731. The standard InChI is InChI=1S/C13H18FN.C2H6.CH5N/c1-6-11(4)9-15(5)10-12(7-2)13(14)8-3;2*1-2/h6-9H,1-3,10H2,4-5H3;1-2H3;2H2,1H3/b11-9-,13-12-;;. The van der Waals surface area contributed by atoms with Gasteiger partial charge in [0.2, 0.25) is 0 Å². The molecule has 2 N–H and O–H groups in total. The van der Waals surface area contributed by atoms with E-state index in [2.05, 4.69) is 25.5 Å². The largest absolute Gasteiger partial charge is 0.376 e. The first-order valence-electron chi connectivity index (χ1n) is 6.27. The van der Waals surface area contributed by atoms with Crippen LogP contribution in [0.25, 0.3) is 0 Å². The van der Waals surface area contributed by atoms with Crippen molar-refractivity contribution in [3.8, 4) is 0 Å². The molecule has 0 spiro atoms. The Bertz CT molecular complexity index is 315. The molecule has 0 aliphatic rings. The Balaban J connectivity index is -0.000000579. The van der Waals surface area contributed by atoms with Crippen molar-refractivity contribution in [3.63, 3.8) is 0 Å². The predicted octanol–water partition coefficient (Wildman–Crippen LogP) is 4.20. The van der Waals surface area contributed by atoms with Crippen LogP contribution in [0, 0.1) is 0 Å². The van der Waals surface area contributed by atoms with E-state index in [0.29, 0.717) is 12.1 Å². The molecule has 0 atom stereocenters. The Morgan fingerprint density at radius 2 is 1.58 bits per heavy atom. The average Bonchev–Trinajstić information content (AvgIpc) is 2.47. The molecule has 0 aliphatic carbocycles. The fourth-order valence-corrected chi connectivity index (χ4v) is 1.08. The van der Waals surface area contributed by atoms with Crippen LogP contribution in [0.4, 0.5) is 4.39 Å². The van der Waals surface area contributed by atoms with Gasteiger partial charge >= 0.3 is 0 Å². The lowest BCUT2D eigenvalue weighted by Crippen LogP contribution is -2.14. The zero-order valence-electron chi connectivity index (χ0n) is 13.0. The van der Waals surface area contributed by atoms with Crippen LogP contribution in [0.3, 0.4) is 0 Å². The summed E-state index contributed by atoms with van der Waals surface area (Å²) in [5.74, 6) is -0.332. The SMILES string of the molecule is C=C/C(C)=C\N(C)C/C(C=C)=C(\F)C=C.CC.CN. The molecule has 3 heteroatoms. The third-order valence-electron chi connectivity index (χ3n) is 1.90. The lowest BCUT2D eigenvalue weighted by Gasteiger charge is -2.15. The van der Waals surface area contributed by atoms with Crippen molar-refractivity contribution in [2.24, 2.45) is 5.73 Å². The van der Waals surface area contributed by atoms with Crippen LogP contribution in [0.15, 0.2) is 61.1 Å². The molecule has 0 fully saturated rings. The second-order valence-electron chi connectivity index (χ2n) is 3.27. The second-order valence-corrected chi connectivity index (χ2v) is 3.27. The molecule has 19 heavy (non-hydrogen) atoms.